The number of fused-ring (bicyclic) bond motifs is 1. The molecule has 7 nitrogen and oxygen atoms in total. The minimum absolute atomic E-state index is 0.156. The quantitative estimate of drug-likeness (QED) is 0.785. The molecule has 0 aromatic carbocycles. The van der Waals surface area contributed by atoms with Gasteiger partial charge in [0.15, 0.2) is 11.3 Å². The molecule has 0 aliphatic carbocycles. The molecule has 0 atom stereocenters. The predicted octanol–water partition coefficient (Wildman–Crippen LogP) is 1.39. The summed E-state index contributed by atoms with van der Waals surface area (Å²) in [5, 5.41) is 4.11. The Morgan fingerprint density at radius 1 is 1.20 bits per heavy atom. The third-order valence-electron chi connectivity index (χ3n) is 2.70. The Kier molecular flexibility index (Phi) is 3.97. The van der Waals surface area contributed by atoms with Crippen molar-refractivity contribution < 1.29 is 19.1 Å². The fraction of sp³-hybridized carbons (Fsp3) is 0.385. The van der Waals surface area contributed by atoms with Crippen molar-refractivity contribution >= 4 is 17.6 Å². The lowest BCUT2D eigenvalue weighted by atomic mass is 10.2. The molecule has 0 bridgehead atoms. The number of aryl methyl sites for hydroxylation is 1. The lowest BCUT2D eigenvalue weighted by Crippen LogP contribution is -2.11. The van der Waals surface area contributed by atoms with Crippen LogP contribution in [0.25, 0.3) is 5.65 Å². The molecule has 0 fully saturated rings. The molecule has 0 saturated carbocycles. The van der Waals surface area contributed by atoms with Gasteiger partial charge >= 0.3 is 11.9 Å². The van der Waals surface area contributed by atoms with Crippen LogP contribution in [0.4, 0.5) is 0 Å². The van der Waals surface area contributed by atoms with Crippen LogP contribution in [0, 0.1) is 6.92 Å². The van der Waals surface area contributed by atoms with Gasteiger partial charge in [-0.05, 0) is 20.8 Å². The van der Waals surface area contributed by atoms with Gasteiger partial charge in [0.25, 0.3) is 0 Å². The maximum absolute atomic E-state index is 11.8. The fourth-order valence-electron chi connectivity index (χ4n) is 1.76. The molecule has 2 aromatic heterocycles. The number of carbonyl (C=O) groups is 2. The van der Waals surface area contributed by atoms with Crippen LogP contribution < -0.4 is 0 Å². The number of nitrogens with zero attached hydrogens (tertiary/aromatic N) is 3. The second-order valence-corrected chi connectivity index (χ2v) is 4.00. The lowest BCUT2D eigenvalue weighted by Gasteiger charge is -2.05. The molecule has 0 saturated heterocycles. The summed E-state index contributed by atoms with van der Waals surface area (Å²) in [6, 6.07) is 1.51. The van der Waals surface area contributed by atoms with Crippen molar-refractivity contribution in [3.8, 4) is 0 Å². The first-order chi connectivity index (χ1) is 9.58. The van der Waals surface area contributed by atoms with Crippen LogP contribution in [0.2, 0.25) is 0 Å². The van der Waals surface area contributed by atoms with Gasteiger partial charge in [0, 0.05) is 12.3 Å². The van der Waals surface area contributed by atoms with E-state index in [2.05, 4.69) is 10.1 Å². The summed E-state index contributed by atoms with van der Waals surface area (Å²) in [5.74, 6) is -0.984. The Hall–Kier alpha value is -2.44. The van der Waals surface area contributed by atoms with Gasteiger partial charge in [-0.1, -0.05) is 0 Å². The summed E-state index contributed by atoms with van der Waals surface area (Å²) in [4.78, 5) is 27.5. The van der Waals surface area contributed by atoms with Crippen LogP contribution in [0.1, 0.15) is 40.4 Å². The van der Waals surface area contributed by atoms with E-state index in [0.29, 0.717) is 16.9 Å². The number of carbonyl (C=O) groups excluding carboxylic acids is 2. The van der Waals surface area contributed by atoms with E-state index in [1.807, 2.05) is 0 Å². The highest BCUT2D eigenvalue weighted by atomic mass is 16.5. The van der Waals surface area contributed by atoms with Crippen LogP contribution >= 0.6 is 0 Å². The molecular formula is C13H15N3O4. The van der Waals surface area contributed by atoms with Gasteiger partial charge in [0.2, 0.25) is 0 Å². The first-order valence-corrected chi connectivity index (χ1v) is 6.28. The number of hydrogen-bond donors (Lipinski definition) is 0. The standard InChI is InChI=1S/C13H15N3O4/c1-4-19-12(17)9-7-14-11-6-10(13(18)20-5-2)15-16(11)8(9)3/h6-7H,4-5H2,1-3H3. The summed E-state index contributed by atoms with van der Waals surface area (Å²) >= 11 is 0. The Balaban J connectivity index is 2.45. The van der Waals surface area contributed by atoms with E-state index >= 15 is 0 Å². The molecule has 20 heavy (non-hydrogen) atoms. The van der Waals surface area contributed by atoms with E-state index in [9.17, 15) is 9.59 Å². The van der Waals surface area contributed by atoms with Crippen molar-refractivity contribution in [3.05, 3.63) is 29.2 Å². The molecule has 2 heterocycles. The van der Waals surface area contributed by atoms with Gasteiger partial charge < -0.3 is 9.47 Å². The average Bonchev–Trinajstić information content (AvgIpc) is 2.84. The van der Waals surface area contributed by atoms with Gasteiger partial charge in [-0.3, -0.25) is 0 Å². The smallest absolute Gasteiger partial charge is 0.358 e. The van der Waals surface area contributed by atoms with E-state index in [-0.39, 0.29) is 18.9 Å². The highest BCUT2D eigenvalue weighted by Crippen LogP contribution is 2.13. The SMILES string of the molecule is CCOC(=O)c1cc2ncc(C(=O)OCC)c(C)n2n1. The normalized spacial score (nSPS) is 10.6. The Bertz CT molecular complexity index is 663. The second-order valence-electron chi connectivity index (χ2n) is 4.00. The summed E-state index contributed by atoms with van der Waals surface area (Å²) < 4.78 is 11.2. The van der Waals surface area contributed by atoms with E-state index in [0.717, 1.165) is 0 Å². The highest BCUT2D eigenvalue weighted by Gasteiger charge is 2.18. The molecule has 7 heteroatoms. The zero-order valence-electron chi connectivity index (χ0n) is 11.5. The highest BCUT2D eigenvalue weighted by molar-refractivity contribution is 5.91. The summed E-state index contributed by atoms with van der Waals surface area (Å²) in [5.41, 5.74) is 1.50. The van der Waals surface area contributed by atoms with Gasteiger partial charge in [0.1, 0.15) is 0 Å². The topological polar surface area (TPSA) is 82.8 Å². The predicted molar refractivity (Wildman–Crippen MR) is 69.6 cm³/mol. The summed E-state index contributed by atoms with van der Waals surface area (Å²) in [7, 11) is 0. The first-order valence-electron chi connectivity index (χ1n) is 6.28. The molecule has 0 spiro atoms. The van der Waals surface area contributed by atoms with Crippen molar-refractivity contribution in [3.63, 3.8) is 0 Å². The third-order valence-corrected chi connectivity index (χ3v) is 2.70. The number of ether oxygens (including phenoxy) is 2. The van der Waals surface area contributed by atoms with Gasteiger partial charge in [-0.15, -0.1) is 0 Å². The molecule has 106 valence electrons. The molecule has 2 aromatic rings. The molecule has 2 rings (SSSR count). The second kappa shape index (κ2) is 5.68. The van der Waals surface area contributed by atoms with E-state index in [1.165, 1.54) is 16.8 Å². The number of rotatable bonds is 4. The number of hydrogen-bond acceptors (Lipinski definition) is 6. The molecule has 0 radical (unpaired) electrons. The van der Waals surface area contributed by atoms with E-state index < -0.39 is 11.9 Å². The molecule has 0 aliphatic heterocycles. The zero-order chi connectivity index (χ0) is 14.7. The fourth-order valence-corrected chi connectivity index (χ4v) is 1.76. The monoisotopic (exact) mass is 277 g/mol. The number of aromatic nitrogens is 3. The lowest BCUT2D eigenvalue weighted by molar-refractivity contribution is 0.0513. The molecular weight excluding hydrogens is 262 g/mol. The first kappa shape index (κ1) is 14.0. The molecule has 0 N–H and O–H groups in total. The largest absolute Gasteiger partial charge is 0.462 e. The van der Waals surface area contributed by atoms with Gasteiger partial charge in [-0.2, -0.15) is 5.10 Å². The van der Waals surface area contributed by atoms with Crippen molar-refractivity contribution in [2.45, 2.75) is 20.8 Å². The van der Waals surface area contributed by atoms with Gasteiger partial charge in [0.05, 0.1) is 24.5 Å². The minimum atomic E-state index is -0.518. The molecule has 0 aliphatic rings. The Labute approximate surface area is 115 Å². The van der Waals surface area contributed by atoms with Crippen LogP contribution in [0.15, 0.2) is 12.3 Å². The zero-order valence-corrected chi connectivity index (χ0v) is 11.5. The molecule has 0 unspecified atom stereocenters. The van der Waals surface area contributed by atoms with Crippen molar-refractivity contribution in [1.82, 2.24) is 14.6 Å². The maximum Gasteiger partial charge on any atom is 0.358 e. The van der Waals surface area contributed by atoms with Crippen LogP contribution in [0.3, 0.4) is 0 Å². The van der Waals surface area contributed by atoms with E-state index in [4.69, 9.17) is 9.47 Å². The molecule has 0 amide bonds. The Morgan fingerprint density at radius 2 is 1.85 bits per heavy atom. The minimum Gasteiger partial charge on any atom is -0.462 e. The van der Waals surface area contributed by atoms with Gasteiger partial charge in [-0.25, -0.2) is 19.1 Å². The Morgan fingerprint density at radius 3 is 2.50 bits per heavy atom. The van der Waals surface area contributed by atoms with Crippen molar-refractivity contribution in [1.29, 1.82) is 0 Å². The van der Waals surface area contributed by atoms with E-state index in [1.54, 1.807) is 20.8 Å². The maximum atomic E-state index is 11.8. The van der Waals surface area contributed by atoms with Crippen LogP contribution in [-0.2, 0) is 9.47 Å². The third kappa shape index (κ3) is 2.47. The average molecular weight is 277 g/mol. The number of esters is 2. The van der Waals surface area contributed by atoms with Crippen molar-refractivity contribution in [2.24, 2.45) is 0 Å². The van der Waals surface area contributed by atoms with Crippen LogP contribution in [-0.4, -0.2) is 39.8 Å². The van der Waals surface area contributed by atoms with Crippen molar-refractivity contribution in [2.75, 3.05) is 13.2 Å². The van der Waals surface area contributed by atoms with Crippen LogP contribution in [0.5, 0.6) is 0 Å². The summed E-state index contributed by atoms with van der Waals surface area (Å²) in [6.07, 6.45) is 1.42. The summed E-state index contributed by atoms with van der Waals surface area (Å²) in [6.45, 7) is 5.71.